The summed E-state index contributed by atoms with van der Waals surface area (Å²) >= 11 is 0. The molecule has 1 fully saturated rings. The lowest BCUT2D eigenvalue weighted by molar-refractivity contribution is -0.120. The van der Waals surface area contributed by atoms with Crippen LogP contribution >= 0.6 is 0 Å². The third-order valence-corrected chi connectivity index (χ3v) is 4.82. The van der Waals surface area contributed by atoms with Crippen LogP contribution in [0.4, 0.5) is 5.82 Å². The highest BCUT2D eigenvalue weighted by Gasteiger charge is 2.43. The van der Waals surface area contributed by atoms with Crippen LogP contribution in [-0.4, -0.2) is 49.8 Å². The van der Waals surface area contributed by atoms with Crippen LogP contribution in [0, 0.1) is 0 Å². The Kier molecular flexibility index (Phi) is 6.53. The summed E-state index contributed by atoms with van der Waals surface area (Å²) in [6.07, 6.45) is -2.30. The fraction of sp³-hybridized carbons (Fsp3) is 0.400. The van der Waals surface area contributed by atoms with E-state index in [1.165, 1.54) is 12.3 Å². The Hall–Kier alpha value is -2.88. The van der Waals surface area contributed by atoms with Crippen LogP contribution in [0.25, 0.3) is 0 Å². The van der Waals surface area contributed by atoms with E-state index in [2.05, 4.69) is 10.3 Å². The zero-order valence-corrected chi connectivity index (χ0v) is 15.9. The molecule has 2 heterocycles. The van der Waals surface area contributed by atoms with Crippen molar-refractivity contribution < 1.29 is 24.5 Å². The SMILES string of the molecule is CCC(=O)CC[C@H]1O[C@@H](n2ccc(NC(=O)c3ccccc3)nc2=O)[C@@H](O)C1O. The van der Waals surface area contributed by atoms with Crippen molar-refractivity contribution in [1.82, 2.24) is 9.55 Å². The van der Waals surface area contributed by atoms with E-state index in [1.54, 1.807) is 37.3 Å². The summed E-state index contributed by atoms with van der Waals surface area (Å²) in [4.78, 5) is 39.9. The number of rotatable bonds is 7. The van der Waals surface area contributed by atoms with Gasteiger partial charge in [0.25, 0.3) is 5.91 Å². The average Bonchev–Trinajstić information content (AvgIpc) is 3.01. The van der Waals surface area contributed by atoms with Gasteiger partial charge in [0.05, 0.1) is 6.10 Å². The van der Waals surface area contributed by atoms with Gasteiger partial charge in [-0.05, 0) is 24.6 Å². The van der Waals surface area contributed by atoms with Gasteiger partial charge in [-0.15, -0.1) is 0 Å². The van der Waals surface area contributed by atoms with E-state index in [0.29, 0.717) is 12.0 Å². The summed E-state index contributed by atoms with van der Waals surface area (Å²) in [6, 6.07) is 9.87. The average molecular weight is 401 g/mol. The Morgan fingerprint density at radius 1 is 1.17 bits per heavy atom. The fourth-order valence-electron chi connectivity index (χ4n) is 3.13. The molecule has 3 N–H and O–H groups in total. The van der Waals surface area contributed by atoms with Gasteiger partial charge in [0.2, 0.25) is 0 Å². The van der Waals surface area contributed by atoms with Crippen molar-refractivity contribution in [2.24, 2.45) is 0 Å². The van der Waals surface area contributed by atoms with E-state index in [-0.39, 0.29) is 24.4 Å². The number of nitrogens with zero attached hydrogens (tertiary/aromatic N) is 2. The summed E-state index contributed by atoms with van der Waals surface area (Å²) in [5, 5.41) is 23.0. The monoisotopic (exact) mass is 401 g/mol. The highest BCUT2D eigenvalue weighted by atomic mass is 16.6. The molecule has 0 radical (unpaired) electrons. The number of ether oxygens (including phenoxy) is 1. The van der Waals surface area contributed by atoms with Crippen LogP contribution in [0.15, 0.2) is 47.4 Å². The third kappa shape index (κ3) is 4.76. The van der Waals surface area contributed by atoms with E-state index < -0.39 is 36.1 Å². The number of carbonyl (C=O) groups is 2. The molecule has 1 saturated heterocycles. The first-order valence-corrected chi connectivity index (χ1v) is 9.39. The predicted octanol–water partition coefficient (Wildman–Crippen LogP) is 0.874. The molecule has 1 amide bonds. The molecule has 0 bridgehead atoms. The molecule has 1 unspecified atom stereocenters. The zero-order chi connectivity index (χ0) is 21.0. The lowest BCUT2D eigenvalue weighted by Gasteiger charge is -2.17. The number of hydrogen-bond acceptors (Lipinski definition) is 7. The van der Waals surface area contributed by atoms with Gasteiger partial charge in [0.1, 0.15) is 23.8 Å². The highest BCUT2D eigenvalue weighted by Crippen LogP contribution is 2.30. The molecule has 1 aliphatic heterocycles. The Morgan fingerprint density at radius 2 is 1.90 bits per heavy atom. The molecule has 2 aromatic rings. The van der Waals surface area contributed by atoms with Crippen molar-refractivity contribution in [1.29, 1.82) is 0 Å². The molecular formula is C20H23N3O6. The normalized spacial score (nSPS) is 23.7. The number of anilines is 1. The van der Waals surface area contributed by atoms with Crippen LogP contribution in [0.5, 0.6) is 0 Å². The molecule has 9 heteroatoms. The Balaban J connectivity index is 1.70. The van der Waals surface area contributed by atoms with Crippen molar-refractivity contribution in [3.8, 4) is 0 Å². The van der Waals surface area contributed by atoms with E-state index >= 15 is 0 Å². The summed E-state index contributed by atoms with van der Waals surface area (Å²) in [6.45, 7) is 1.75. The predicted molar refractivity (Wildman–Crippen MR) is 103 cm³/mol. The first kappa shape index (κ1) is 20.8. The smallest absolute Gasteiger partial charge is 0.351 e. The van der Waals surface area contributed by atoms with Crippen molar-refractivity contribution in [3.63, 3.8) is 0 Å². The molecule has 0 saturated carbocycles. The number of aliphatic hydroxyl groups excluding tert-OH is 2. The van der Waals surface area contributed by atoms with E-state index in [0.717, 1.165) is 4.57 Å². The van der Waals surface area contributed by atoms with E-state index in [1.807, 2.05) is 0 Å². The molecule has 1 aromatic heterocycles. The number of ketones is 1. The molecule has 4 atom stereocenters. The van der Waals surface area contributed by atoms with Crippen molar-refractivity contribution in [2.75, 3.05) is 5.32 Å². The number of carbonyl (C=O) groups excluding carboxylic acids is 2. The molecule has 1 aromatic carbocycles. The maximum atomic E-state index is 12.4. The minimum Gasteiger partial charge on any atom is -0.388 e. The zero-order valence-electron chi connectivity index (χ0n) is 15.9. The van der Waals surface area contributed by atoms with Gasteiger partial charge in [-0.25, -0.2) is 4.79 Å². The van der Waals surface area contributed by atoms with Gasteiger partial charge in [-0.1, -0.05) is 25.1 Å². The molecule has 154 valence electrons. The maximum Gasteiger partial charge on any atom is 0.351 e. The van der Waals surface area contributed by atoms with Crippen molar-refractivity contribution >= 4 is 17.5 Å². The van der Waals surface area contributed by atoms with Gasteiger partial charge in [-0.3, -0.25) is 14.2 Å². The second kappa shape index (κ2) is 9.08. The lowest BCUT2D eigenvalue weighted by atomic mass is 10.0. The summed E-state index contributed by atoms with van der Waals surface area (Å²) in [5.41, 5.74) is -0.335. The standard InChI is InChI=1S/C20H23N3O6/c1-2-13(24)8-9-14-16(25)17(26)19(29-14)23-11-10-15(22-20(23)28)21-18(27)12-6-4-3-5-7-12/h3-7,10-11,14,16-17,19,25-26H,2,8-9H2,1H3,(H,21,22,27,28)/t14-,16?,17+,19-/m1/s1. The maximum absolute atomic E-state index is 12.4. The second-order valence-electron chi connectivity index (χ2n) is 6.80. The molecule has 1 aliphatic rings. The highest BCUT2D eigenvalue weighted by molar-refractivity contribution is 6.03. The topological polar surface area (TPSA) is 131 Å². The summed E-state index contributed by atoms with van der Waals surface area (Å²) in [5.74, 6) is -0.335. The molecule has 9 nitrogen and oxygen atoms in total. The third-order valence-electron chi connectivity index (χ3n) is 4.82. The second-order valence-corrected chi connectivity index (χ2v) is 6.80. The van der Waals surface area contributed by atoms with Crippen molar-refractivity contribution in [3.05, 3.63) is 58.6 Å². The summed E-state index contributed by atoms with van der Waals surface area (Å²) < 4.78 is 6.67. The van der Waals surface area contributed by atoms with Gasteiger partial charge in [-0.2, -0.15) is 4.98 Å². The van der Waals surface area contributed by atoms with Crippen LogP contribution in [-0.2, 0) is 9.53 Å². The number of aromatic nitrogens is 2. The molecule has 29 heavy (non-hydrogen) atoms. The van der Waals surface area contributed by atoms with Gasteiger partial charge in [0, 0.05) is 24.6 Å². The van der Waals surface area contributed by atoms with Gasteiger partial charge >= 0.3 is 5.69 Å². The Bertz CT molecular complexity index is 929. The van der Waals surface area contributed by atoms with Crippen LogP contribution < -0.4 is 11.0 Å². The van der Waals surface area contributed by atoms with Crippen LogP contribution in [0.1, 0.15) is 42.8 Å². The molecule has 0 spiro atoms. The van der Waals surface area contributed by atoms with Gasteiger partial charge < -0.3 is 20.3 Å². The number of aliphatic hydroxyl groups is 2. The Morgan fingerprint density at radius 3 is 2.55 bits per heavy atom. The van der Waals surface area contributed by atoms with Crippen LogP contribution in [0.2, 0.25) is 0 Å². The summed E-state index contributed by atoms with van der Waals surface area (Å²) in [7, 11) is 0. The van der Waals surface area contributed by atoms with Gasteiger partial charge in [0.15, 0.2) is 6.23 Å². The lowest BCUT2D eigenvalue weighted by Crippen LogP contribution is -2.35. The van der Waals surface area contributed by atoms with Crippen molar-refractivity contribution in [2.45, 2.75) is 50.7 Å². The number of hydrogen-bond donors (Lipinski definition) is 3. The Labute approximate surface area is 167 Å². The molecule has 3 rings (SSSR count). The van der Waals surface area contributed by atoms with E-state index in [4.69, 9.17) is 4.74 Å². The first-order chi connectivity index (χ1) is 13.9. The minimum atomic E-state index is -1.35. The van der Waals surface area contributed by atoms with Crippen LogP contribution in [0.3, 0.4) is 0 Å². The quantitative estimate of drug-likeness (QED) is 0.627. The number of Topliss-reactive ketones (excluding diaryl/α,β-unsaturated/α-hetero) is 1. The minimum absolute atomic E-state index is 0.0242. The number of amides is 1. The molecule has 0 aliphatic carbocycles. The first-order valence-electron chi connectivity index (χ1n) is 9.39. The largest absolute Gasteiger partial charge is 0.388 e. The number of nitrogens with one attached hydrogen (secondary N) is 1. The number of benzene rings is 1. The van der Waals surface area contributed by atoms with E-state index in [9.17, 15) is 24.6 Å². The molecular weight excluding hydrogens is 378 g/mol. The fourth-order valence-corrected chi connectivity index (χ4v) is 3.13.